The molecule has 1 saturated carbocycles. The van der Waals surface area contributed by atoms with Crippen molar-refractivity contribution in [2.45, 2.75) is 126 Å². The minimum absolute atomic E-state index is 0.000235. The maximum absolute atomic E-state index is 14.4. The van der Waals surface area contributed by atoms with Crippen molar-refractivity contribution in [1.29, 1.82) is 0 Å². The van der Waals surface area contributed by atoms with Gasteiger partial charge in [-0.3, -0.25) is 24.2 Å². The second kappa shape index (κ2) is 14.2. The van der Waals surface area contributed by atoms with Crippen LogP contribution in [-0.4, -0.2) is 146 Å². The molecule has 8 bridgehead atoms. The molecule has 272 valence electrons. The van der Waals surface area contributed by atoms with Gasteiger partial charge in [-0.05, 0) is 72.4 Å². The fourth-order valence-electron chi connectivity index (χ4n) is 9.82. The summed E-state index contributed by atoms with van der Waals surface area (Å²) in [7, 11) is 4.06. The van der Waals surface area contributed by atoms with E-state index in [-0.39, 0.29) is 54.4 Å². The minimum Gasteiger partial charge on any atom is -0.352 e. The van der Waals surface area contributed by atoms with Gasteiger partial charge in [0.05, 0.1) is 47.1 Å². The summed E-state index contributed by atoms with van der Waals surface area (Å²) in [5.74, 6) is 0.738. The van der Waals surface area contributed by atoms with Crippen LogP contribution in [0.15, 0.2) is 6.20 Å². The molecular weight excluding hydrogens is 653 g/mol. The number of amides is 3. The first-order valence-electron chi connectivity index (χ1n) is 19.1. The van der Waals surface area contributed by atoms with E-state index in [0.717, 1.165) is 98.9 Å². The van der Waals surface area contributed by atoms with Gasteiger partial charge in [0.2, 0.25) is 17.7 Å². The Morgan fingerprint density at radius 1 is 0.840 bits per heavy atom. The average molecular weight is 707 g/mol. The molecule has 0 unspecified atom stereocenters. The lowest BCUT2D eigenvalue weighted by molar-refractivity contribution is -0.141. The molecule has 5 fully saturated rings. The molecule has 0 aromatic carbocycles. The SMILES string of the molecule is Cc1sc2nc1CC(=O)N[C@@H]1C[C@@H](C(=O)N3CCC(CC3)N3C[C@@H](n4cc(CN(C)C)nn4)C[C@H]3C(=O)N3CCC2CC3)N(C2CCCC2)C1. The highest BCUT2D eigenvalue weighted by Gasteiger charge is 2.47. The predicted molar refractivity (Wildman–Crippen MR) is 190 cm³/mol. The fourth-order valence-corrected chi connectivity index (χ4v) is 10.9. The van der Waals surface area contributed by atoms with Gasteiger partial charge in [0, 0.05) is 74.7 Å². The number of nitrogens with zero attached hydrogens (tertiary/aromatic N) is 9. The van der Waals surface area contributed by atoms with Crippen molar-refractivity contribution in [2.24, 2.45) is 0 Å². The number of aromatic nitrogens is 4. The monoisotopic (exact) mass is 706 g/mol. The van der Waals surface area contributed by atoms with Crippen LogP contribution in [0.25, 0.3) is 0 Å². The van der Waals surface area contributed by atoms with Crippen molar-refractivity contribution in [3.63, 3.8) is 0 Å². The normalized spacial score (nSPS) is 32.0. The summed E-state index contributed by atoms with van der Waals surface area (Å²) < 4.78 is 1.99. The van der Waals surface area contributed by atoms with Crippen LogP contribution in [0.1, 0.15) is 97.4 Å². The maximum Gasteiger partial charge on any atom is 0.240 e. The van der Waals surface area contributed by atoms with E-state index >= 15 is 0 Å². The summed E-state index contributed by atoms with van der Waals surface area (Å²) in [6.45, 7) is 7.13. The third-order valence-corrected chi connectivity index (χ3v) is 13.6. The van der Waals surface area contributed by atoms with Crippen LogP contribution in [0, 0.1) is 6.92 Å². The van der Waals surface area contributed by atoms with Crippen molar-refractivity contribution in [3.05, 3.63) is 27.5 Å². The number of thiazole rings is 1. The third-order valence-electron chi connectivity index (χ3n) is 12.4. The first-order chi connectivity index (χ1) is 24.2. The molecule has 0 spiro atoms. The Labute approximate surface area is 299 Å². The highest BCUT2D eigenvalue weighted by molar-refractivity contribution is 7.11. The Hall–Kier alpha value is -2.94. The zero-order valence-electron chi connectivity index (χ0n) is 30.0. The van der Waals surface area contributed by atoms with Crippen LogP contribution < -0.4 is 5.32 Å². The lowest BCUT2D eigenvalue weighted by Gasteiger charge is -2.42. The van der Waals surface area contributed by atoms with E-state index in [1.807, 2.05) is 18.8 Å². The van der Waals surface area contributed by atoms with Gasteiger partial charge in [-0.15, -0.1) is 16.4 Å². The average Bonchev–Trinajstić information content (AvgIpc) is 3.95. The van der Waals surface area contributed by atoms with Gasteiger partial charge in [-0.1, -0.05) is 18.1 Å². The van der Waals surface area contributed by atoms with Crippen LogP contribution in [0.2, 0.25) is 0 Å². The topological polar surface area (TPSA) is 123 Å². The molecule has 7 aliphatic heterocycles. The van der Waals surface area contributed by atoms with E-state index in [0.29, 0.717) is 31.5 Å². The van der Waals surface area contributed by atoms with Gasteiger partial charge < -0.3 is 20.0 Å². The van der Waals surface area contributed by atoms with Crippen molar-refractivity contribution in [3.8, 4) is 0 Å². The molecule has 50 heavy (non-hydrogen) atoms. The number of fused-ring (bicyclic) bond motifs is 2. The molecule has 1 aliphatic carbocycles. The first kappa shape index (κ1) is 34.2. The number of carbonyl (C=O) groups excluding carboxylic acids is 3. The van der Waals surface area contributed by atoms with Gasteiger partial charge in [0.1, 0.15) is 0 Å². The molecular formula is C36H54N10O3S. The number of rotatable bonds is 4. The summed E-state index contributed by atoms with van der Waals surface area (Å²) in [5, 5.41) is 13.4. The highest BCUT2D eigenvalue weighted by Crippen LogP contribution is 2.37. The Morgan fingerprint density at radius 3 is 2.18 bits per heavy atom. The van der Waals surface area contributed by atoms with E-state index in [9.17, 15) is 14.4 Å². The molecule has 14 heteroatoms. The van der Waals surface area contributed by atoms with E-state index in [4.69, 9.17) is 4.98 Å². The van der Waals surface area contributed by atoms with E-state index in [1.165, 1.54) is 12.8 Å². The molecule has 8 aliphatic rings. The van der Waals surface area contributed by atoms with E-state index in [2.05, 4.69) is 53.2 Å². The Kier molecular flexibility index (Phi) is 9.72. The van der Waals surface area contributed by atoms with Crippen molar-refractivity contribution < 1.29 is 14.4 Å². The van der Waals surface area contributed by atoms with E-state index < -0.39 is 0 Å². The third kappa shape index (κ3) is 6.84. The summed E-state index contributed by atoms with van der Waals surface area (Å²) in [5.41, 5.74) is 1.80. The van der Waals surface area contributed by atoms with Crippen molar-refractivity contribution in [1.82, 2.24) is 49.8 Å². The second-order valence-corrected chi connectivity index (χ2v) is 17.3. The largest absolute Gasteiger partial charge is 0.352 e. The second-order valence-electron chi connectivity index (χ2n) is 16.1. The van der Waals surface area contributed by atoms with Crippen molar-refractivity contribution in [2.75, 3.05) is 53.4 Å². The Morgan fingerprint density at radius 2 is 1.48 bits per heavy atom. The predicted octanol–water partition coefficient (Wildman–Crippen LogP) is 2.18. The smallest absolute Gasteiger partial charge is 0.240 e. The van der Waals surface area contributed by atoms with Gasteiger partial charge >= 0.3 is 0 Å². The van der Waals surface area contributed by atoms with Crippen LogP contribution in [-0.2, 0) is 27.3 Å². The molecule has 1 N–H and O–H groups in total. The van der Waals surface area contributed by atoms with Gasteiger partial charge in [-0.25, -0.2) is 9.67 Å². The molecule has 4 saturated heterocycles. The number of aryl methyl sites for hydroxylation is 1. The maximum atomic E-state index is 14.4. The molecule has 10 rings (SSSR count). The van der Waals surface area contributed by atoms with Gasteiger partial charge in [-0.2, -0.15) is 0 Å². The standard InChI is InChI=1S/C36H54N10O3S/c1-23-30-18-33(47)37-25-16-31(44(20-25)27-6-4-5-7-27)35(48)43-14-10-28(11-15-43)45-22-29(46-21-26(39-40-46)19-41(2)3)17-32(45)36(49)42-12-8-24(9-13-42)34(38-30)50-23/h21,24-25,27-29,31-32H,4-20,22H2,1-3H3,(H,37,47)/t25-,29+,31+,32+/m1/s1. The highest BCUT2D eigenvalue weighted by atomic mass is 32.1. The number of nitrogens with one attached hydrogen (secondary N) is 1. The number of hydrogen-bond acceptors (Lipinski definition) is 10. The van der Waals surface area contributed by atoms with Crippen LogP contribution >= 0.6 is 11.3 Å². The lowest BCUT2D eigenvalue weighted by atomic mass is 9.96. The molecule has 2 aromatic heterocycles. The summed E-state index contributed by atoms with van der Waals surface area (Å²) in [6.07, 6.45) is 11.9. The summed E-state index contributed by atoms with van der Waals surface area (Å²) in [4.78, 5) is 59.4. The first-order valence-corrected chi connectivity index (χ1v) is 19.9. The number of piperidine rings is 2. The molecule has 0 radical (unpaired) electrons. The molecule has 4 atom stereocenters. The minimum atomic E-state index is -0.210. The molecule has 3 amide bonds. The van der Waals surface area contributed by atoms with Crippen LogP contribution in [0.3, 0.4) is 0 Å². The number of likely N-dealkylation sites (tertiary alicyclic amines) is 1. The zero-order valence-corrected chi connectivity index (χ0v) is 30.8. The fraction of sp³-hybridized carbons (Fsp3) is 0.778. The zero-order chi connectivity index (χ0) is 34.5. The summed E-state index contributed by atoms with van der Waals surface area (Å²) in [6, 6.07) is 0.281. The Balaban J connectivity index is 1.06. The van der Waals surface area contributed by atoms with Crippen molar-refractivity contribution >= 4 is 29.1 Å². The molecule has 2 aromatic rings. The van der Waals surface area contributed by atoms with Crippen LogP contribution in [0.5, 0.6) is 0 Å². The van der Waals surface area contributed by atoms with Gasteiger partial charge in [0.15, 0.2) is 0 Å². The summed E-state index contributed by atoms with van der Waals surface area (Å²) >= 11 is 1.71. The number of hydrogen-bond donors (Lipinski definition) is 1. The van der Waals surface area contributed by atoms with Gasteiger partial charge in [0.25, 0.3) is 0 Å². The number of carbonyl (C=O) groups is 3. The quantitative estimate of drug-likeness (QED) is 0.510. The molecule has 13 nitrogen and oxygen atoms in total. The lowest BCUT2D eigenvalue weighted by Crippen LogP contribution is -2.55. The molecule has 9 heterocycles. The Bertz CT molecular complexity index is 1550. The van der Waals surface area contributed by atoms with E-state index in [1.54, 1.807) is 11.3 Å². The van der Waals surface area contributed by atoms with Crippen LogP contribution in [0.4, 0.5) is 0 Å².